The smallest absolute Gasteiger partial charge is 0.251 e. The van der Waals surface area contributed by atoms with Gasteiger partial charge >= 0.3 is 0 Å². The van der Waals surface area contributed by atoms with Gasteiger partial charge in [-0.25, -0.2) is 4.98 Å². The van der Waals surface area contributed by atoms with E-state index in [1.807, 2.05) is 0 Å². The zero-order valence-electron chi connectivity index (χ0n) is 6.97. The van der Waals surface area contributed by atoms with Crippen LogP contribution in [0.25, 0.3) is 10.9 Å². The van der Waals surface area contributed by atoms with Gasteiger partial charge in [0.25, 0.3) is 5.56 Å². The van der Waals surface area contributed by atoms with Crippen molar-refractivity contribution in [3.8, 4) is 0 Å². The second-order valence-corrected chi connectivity index (χ2v) is 3.26. The fourth-order valence-electron chi connectivity index (χ4n) is 1.18. The average Bonchev–Trinajstić information content (AvgIpc) is 2.08. The standard InChI is InChI=1S/C9H7ClN2O/c1-5-2-6-4-11-8(10)3-7(6)12-9(5)13/h2-4H,1H3,(H,12,13). The molecule has 0 atom stereocenters. The number of nitrogens with one attached hydrogen (secondary N) is 1. The van der Waals surface area contributed by atoms with Crippen LogP contribution < -0.4 is 5.56 Å². The van der Waals surface area contributed by atoms with Crippen LogP contribution in [0.1, 0.15) is 5.56 Å². The van der Waals surface area contributed by atoms with E-state index in [-0.39, 0.29) is 5.56 Å². The van der Waals surface area contributed by atoms with Gasteiger partial charge in [-0.2, -0.15) is 0 Å². The van der Waals surface area contributed by atoms with Crippen molar-refractivity contribution >= 4 is 22.5 Å². The lowest BCUT2D eigenvalue weighted by atomic mass is 10.2. The summed E-state index contributed by atoms with van der Waals surface area (Å²) in [6.07, 6.45) is 1.64. The van der Waals surface area contributed by atoms with Gasteiger partial charge in [-0.3, -0.25) is 4.79 Å². The zero-order chi connectivity index (χ0) is 9.42. The van der Waals surface area contributed by atoms with Crippen LogP contribution in [0.15, 0.2) is 23.1 Å². The largest absolute Gasteiger partial charge is 0.322 e. The Kier molecular flexibility index (Phi) is 1.81. The fourth-order valence-corrected chi connectivity index (χ4v) is 1.34. The van der Waals surface area contributed by atoms with Crippen molar-refractivity contribution in [1.29, 1.82) is 0 Å². The van der Waals surface area contributed by atoms with Crippen molar-refractivity contribution < 1.29 is 0 Å². The number of halogens is 1. The summed E-state index contributed by atoms with van der Waals surface area (Å²) in [6.45, 7) is 1.76. The lowest BCUT2D eigenvalue weighted by Gasteiger charge is -1.98. The van der Waals surface area contributed by atoms with Crippen LogP contribution >= 0.6 is 11.6 Å². The number of H-pyrrole nitrogens is 1. The first-order chi connectivity index (χ1) is 6.16. The minimum absolute atomic E-state index is 0.0882. The number of hydrogen-bond acceptors (Lipinski definition) is 2. The third-order valence-corrected chi connectivity index (χ3v) is 2.09. The highest BCUT2D eigenvalue weighted by Gasteiger charge is 1.99. The Bertz CT molecular complexity index is 518. The van der Waals surface area contributed by atoms with Gasteiger partial charge in [0, 0.05) is 17.1 Å². The van der Waals surface area contributed by atoms with Crippen molar-refractivity contribution in [2.45, 2.75) is 6.92 Å². The first-order valence-corrected chi connectivity index (χ1v) is 4.20. The molecule has 0 saturated heterocycles. The Morgan fingerprint density at radius 1 is 1.46 bits per heavy atom. The molecule has 1 N–H and O–H groups in total. The molecular formula is C9H7ClN2O. The predicted molar refractivity (Wildman–Crippen MR) is 52.1 cm³/mol. The van der Waals surface area contributed by atoms with Gasteiger partial charge in [-0.05, 0) is 19.1 Å². The maximum Gasteiger partial charge on any atom is 0.251 e. The van der Waals surface area contributed by atoms with Gasteiger partial charge < -0.3 is 4.98 Å². The number of fused-ring (bicyclic) bond motifs is 1. The minimum atomic E-state index is -0.0882. The number of pyridine rings is 2. The molecule has 2 heterocycles. The average molecular weight is 195 g/mol. The lowest BCUT2D eigenvalue weighted by molar-refractivity contribution is 1.22. The summed E-state index contributed by atoms with van der Waals surface area (Å²) in [5.41, 5.74) is 1.31. The summed E-state index contributed by atoms with van der Waals surface area (Å²) in [5, 5.41) is 1.27. The van der Waals surface area contributed by atoms with Gasteiger partial charge in [-0.15, -0.1) is 0 Å². The van der Waals surface area contributed by atoms with E-state index >= 15 is 0 Å². The first kappa shape index (κ1) is 8.26. The molecule has 4 heteroatoms. The number of hydrogen-bond donors (Lipinski definition) is 1. The number of aromatic nitrogens is 2. The summed E-state index contributed by atoms with van der Waals surface area (Å²) < 4.78 is 0. The van der Waals surface area contributed by atoms with Crippen LogP contribution in [-0.2, 0) is 0 Å². The van der Waals surface area contributed by atoms with Crippen molar-refractivity contribution in [2.75, 3.05) is 0 Å². The minimum Gasteiger partial charge on any atom is -0.322 e. The zero-order valence-corrected chi connectivity index (χ0v) is 7.72. The molecule has 0 fully saturated rings. The number of aryl methyl sites for hydroxylation is 1. The molecule has 2 aromatic heterocycles. The second-order valence-electron chi connectivity index (χ2n) is 2.88. The third-order valence-electron chi connectivity index (χ3n) is 1.88. The molecular weight excluding hydrogens is 188 g/mol. The molecule has 66 valence electrons. The van der Waals surface area contributed by atoms with Gasteiger partial charge in [0.15, 0.2) is 0 Å². The summed E-state index contributed by atoms with van der Waals surface area (Å²) >= 11 is 5.68. The van der Waals surface area contributed by atoms with E-state index in [9.17, 15) is 4.79 Å². The van der Waals surface area contributed by atoms with Gasteiger partial charge in [0.2, 0.25) is 0 Å². The van der Waals surface area contributed by atoms with Crippen LogP contribution in [0, 0.1) is 6.92 Å². The molecule has 0 spiro atoms. The molecule has 0 bridgehead atoms. The Morgan fingerprint density at radius 2 is 2.23 bits per heavy atom. The normalized spacial score (nSPS) is 10.6. The number of aromatic amines is 1. The first-order valence-electron chi connectivity index (χ1n) is 3.82. The quantitative estimate of drug-likeness (QED) is 0.651. The number of nitrogens with zero attached hydrogens (tertiary/aromatic N) is 1. The van der Waals surface area contributed by atoms with Crippen molar-refractivity contribution in [2.24, 2.45) is 0 Å². The van der Waals surface area contributed by atoms with Gasteiger partial charge in [-0.1, -0.05) is 11.6 Å². The van der Waals surface area contributed by atoms with Crippen LogP contribution in [0.4, 0.5) is 0 Å². The molecule has 3 nitrogen and oxygen atoms in total. The van der Waals surface area contributed by atoms with E-state index < -0.39 is 0 Å². The highest BCUT2D eigenvalue weighted by molar-refractivity contribution is 6.29. The van der Waals surface area contributed by atoms with Crippen LogP contribution in [0.5, 0.6) is 0 Å². The molecule has 13 heavy (non-hydrogen) atoms. The molecule has 2 aromatic rings. The van der Waals surface area contributed by atoms with Crippen molar-refractivity contribution in [1.82, 2.24) is 9.97 Å². The van der Waals surface area contributed by atoms with E-state index in [4.69, 9.17) is 11.6 Å². The molecule has 0 aliphatic rings. The molecule has 0 saturated carbocycles. The van der Waals surface area contributed by atoms with Crippen LogP contribution in [-0.4, -0.2) is 9.97 Å². The molecule has 0 aliphatic carbocycles. The molecule has 0 aliphatic heterocycles. The maximum atomic E-state index is 11.2. The number of rotatable bonds is 0. The van der Waals surface area contributed by atoms with Crippen molar-refractivity contribution in [3.05, 3.63) is 39.4 Å². The van der Waals surface area contributed by atoms with E-state index in [1.165, 1.54) is 0 Å². The van der Waals surface area contributed by atoms with Gasteiger partial charge in [0.05, 0.1) is 5.52 Å². The fraction of sp³-hybridized carbons (Fsp3) is 0.111. The maximum absolute atomic E-state index is 11.2. The second kappa shape index (κ2) is 2.85. The van der Waals surface area contributed by atoms with E-state index in [0.717, 1.165) is 10.9 Å². The third kappa shape index (κ3) is 1.42. The van der Waals surface area contributed by atoms with Crippen molar-refractivity contribution in [3.63, 3.8) is 0 Å². The summed E-state index contributed by atoms with van der Waals surface area (Å²) in [7, 11) is 0. The van der Waals surface area contributed by atoms with E-state index in [2.05, 4.69) is 9.97 Å². The van der Waals surface area contributed by atoms with E-state index in [1.54, 1.807) is 25.3 Å². The van der Waals surface area contributed by atoms with E-state index in [0.29, 0.717) is 10.7 Å². The highest BCUT2D eigenvalue weighted by atomic mass is 35.5. The summed E-state index contributed by atoms with van der Waals surface area (Å²) in [6, 6.07) is 3.43. The van der Waals surface area contributed by atoms with Crippen LogP contribution in [0.2, 0.25) is 5.15 Å². The topological polar surface area (TPSA) is 45.8 Å². The SMILES string of the molecule is Cc1cc2cnc(Cl)cc2[nH]c1=O. The highest BCUT2D eigenvalue weighted by Crippen LogP contribution is 2.13. The molecule has 0 radical (unpaired) electrons. The molecule has 0 unspecified atom stereocenters. The Balaban J connectivity index is 2.89. The monoisotopic (exact) mass is 194 g/mol. The lowest BCUT2D eigenvalue weighted by Crippen LogP contribution is -2.08. The Hall–Kier alpha value is -1.35. The summed E-state index contributed by atoms with van der Waals surface area (Å²) in [4.78, 5) is 17.9. The molecule has 2 rings (SSSR count). The van der Waals surface area contributed by atoms with Gasteiger partial charge in [0.1, 0.15) is 5.15 Å². The molecule has 0 amide bonds. The predicted octanol–water partition coefficient (Wildman–Crippen LogP) is 1.88. The van der Waals surface area contributed by atoms with Crippen LogP contribution in [0.3, 0.4) is 0 Å². The summed E-state index contributed by atoms with van der Waals surface area (Å²) in [5.74, 6) is 0. The molecule has 0 aromatic carbocycles. The Morgan fingerprint density at radius 3 is 3.00 bits per heavy atom. The Labute approximate surface area is 79.4 Å².